The van der Waals surface area contributed by atoms with Crippen LogP contribution in [0.4, 0.5) is 0 Å². The minimum absolute atomic E-state index is 0.141. The van der Waals surface area contributed by atoms with Crippen LogP contribution in [0.2, 0.25) is 0 Å². The fourth-order valence-corrected chi connectivity index (χ4v) is 6.89. The molecule has 2 aromatic carbocycles. The number of aldehydes is 1. The summed E-state index contributed by atoms with van der Waals surface area (Å²) in [5.41, 5.74) is 5.88. The van der Waals surface area contributed by atoms with E-state index >= 15 is 0 Å². The second-order valence-corrected chi connectivity index (χ2v) is 12.0. The predicted octanol–water partition coefficient (Wildman–Crippen LogP) is 1.12. The second-order valence-electron chi connectivity index (χ2n) is 10.3. The smallest absolute Gasteiger partial charge is 0.243 e. The molecule has 2 aliphatic heterocycles. The molecule has 2 aromatic rings. The number of hydrogen-bond donors (Lipinski definition) is 5. The summed E-state index contributed by atoms with van der Waals surface area (Å²) >= 11 is 0. The third-order valence-electron chi connectivity index (χ3n) is 7.38. The molecule has 39 heavy (non-hydrogen) atoms. The van der Waals surface area contributed by atoms with Crippen LogP contribution in [0.1, 0.15) is 50.5 Å². The van der Waals surface area contributed by atoms with E-state index in [4.69, 9.17) is 11.1 Å². The number of rotatable bonds is 11. The van der Waals surface area contributed by atoms with E-state index in [9.17, 15) is 22.8 Å². The van der Waals surface area contributed by atoms with Gasteiger partial charge in [0.05, 0.1) is 11.8 Å². The number of benzene rings is 2. The SMILES string of the molecule is N=C(N)NCCC[C@@H](C=O)NC(=O)C1CCC2CCCC(NS(=O)(=O)Cc3ccc4ccccc4c3)C(=O)N21. The largest absolute Gasteiger partial charge is 0.370 e. The van der Waals surface area contributed by atoms with Gasteiger partial charge in [-0.25, -0.2) is 13.1 Å². The molecule has 0 spiro atoms. The normalized spacial score (nSPS) is 22.1. The molecule has 3 unspecified atom stereocenters. The highest BCUT2D eigenvalue weighted by atomic mass is 32.2. The molecule has 2 saturated heterocycles. The van der Waals surface area contributed by atoms with Crippen LogP contribution in [0.15, 0.2) is 42.5 Å². The van der Waals surface area contributed by atoms with Crippen molar-refractivity contribution in [3.63, 3.8) is 0 Å². The van der Waals surface area contributed by atoms with E-state index in [-0.39, 0.29) is 17.8 Å². The number of nitrogens with zero attached hydrogens (tertiary/aromatic N) is 1. The lowest BCUT2D eigenvalue weighted by Crippen LogP contribution is -2.55. The van der Waals surface area contributed by atoms with Crippen LogP contribution >= 0.6 is 0 Å². The molecule has 6 N–H and O–H groups in total. The van der Waals surface area contributed by atoms with Crippen LogP contribution in [0.25, 0.3) is 10.8 Å². The van der Waals surface area contributed by atoms with Gasteiger partial charge in [-0.1, -0.05) is 42.5 Å². The van der Waals surface area contributed by atoms with Crippen LogP contribution in [-0.2, 0) is 30.2 Å². The summed E-state index contributed by atoms with van der Waals surface area (Å²) in [6.45, 7) is 0.396. The summed E-state index contributed by atoms with van der Waals surface area (Å²) in [5, 5.41) is 14.5. The van der Waals surface area contributed by atoms with E-state index in [1.54, 1.807) is 6.07 Å². The summed E-state index contributed by atoms with van der Waals surface area (Å²) in [4.78, 5) is 39.8. The van der Waals surface area contributed by atoms with Crippen molar-refractivity contribution in [3.8, 4) is 0 Å². The highest BCUT2D eigenvalue weighted by Crippen LogP contribution is 2.32. The standard InChI is InChI=1S/C27H36N6O5S/c28-27(29)30-14-4-7-21(16-34)31-25(35)24-13-12-22-8-3-9-23(26(36)33(22)24)32-39(37,38)17-18-10-11-19-5-1-2-6-20(19)15-18/h1-2,5-6,10-11,15-16,21-24,32H,3-4,7-9,12-14,17H2,(H,31,35)(H4,28,29,30)/t21-,22?,23?,24?/m0/s1. The first-order valence-electron chi connectivity index (χ1n) is 13.3. The van der Waals surface area contributed by atoms with Gasteiger partial charge in [-0.05, 0) is 61.3 Å². The Morgan fingerprint density at radius 1 is 1.13 bits per heavy atom. The molecule has 0 saturated carbocycles. The molecule has 0 bridgehead atoms. The number of nitrogens with two attached hydrogens (primary N) is 1. The maximum absolute atomic E-state index is 13.6. The van der Waals surface area contributed by atoms with E-state index in [1.165, 1.54) is 4.90 Å². The number of carbonyl (C=O) groups excluding carboxylic acids is 3. The highest BCUT2D eigenvalue weighted by molar-refractivity contribution is 7.88. The average molecular weight is 557 g/mol. The first-order chi connectivity index (χ1) is 18.7. The number of fused-ring (bicyclic) bond motifs is 2. The van der Waals surface area contributed by atoms with Crippen LogP contribution in [0.5, 0.6) is 0 Å². The van der Waals surface area contributed by atoms with Crippen LogP contribution in [-0.4, -0.2) is 68.1 Å². The lowest BCUT2D eigenvalue weighted by Gasteiger charge is -2.31. The van der Waals surface area contributed by atoms with Crippen molar-refractivity contribution < 1.29 is 22.8 Å². The third-order valence-corrected chi connectivity index (χ3v) is 8.74. The van der Waals surface area contributed by atoms with Gasteiger partial charge >= 0.3 is 0 Å². The molecular weight excluding hydrogens is 520 g/mol. The number of guanidine groups is 1. The zero-order chi connectivity index (χ0) is 28.0. The quantitative estimate of drug-likeness (QED) is 0.119. The van der Waals surface area contributed by atoms with Gasteiger partial charge in [0.2, 0.25) is 21.8 Å². The first kappa shape index (κ1) is 28.5. The summed E-state index contributed by atoms with van der Waals surface area (Å²) in [6.07, 6.45) is 4.34. The van der Waals surface area contributed by atoms with Gasteiger partial charge in [0, 0.05) is 12.6 Å². The van der Waals surface area contributed by atoms with Gasteiger partial charge in [0.1, 0.15) is 18.4 Å². The molecule has 4 rings (SSSR count). The topological polar surface area (TPSA) is 175 Å². The van der Waals surface area contributed by atoms with Gasteiger partial charge < -0.3 is 26.1 Å². The Balaban J connectivity index is 1.40. The molecule has 2 aliphatic rings. The molecule has 210 valence electrons. The number of amides is 2. The number of sulfonamides is 1. The fraction of sp³-hybridized carbons (Fsp3) is 0.481. The highest BCUT2D eigenvalue weighted by Gasteiger charge is 2.45. The average Bonchev–Trinajstić information content (AvgIpc) is 3.26. The van der Waals surface area contributed by atoms with Crippen molar-refractivity contribution in [1.29, 1.82) is 5.41 Å². The zero-order valence-electron chi connectivity index (χ0n) is 21.8. The van der Waals surface area contributed by atoms with E-state index in [0.717, 1.165) is 10.8 Å². The Hall–Kier alpha value is -3.51. The summed E-state index contributed by atoms with van der Waals surface area (Å²) in [7, 11) is -3.83. The molecule has 0 aromatic heterocycles. The van der Waals surface area contributed by atoms with Gasteiger partial charge in [0.15, 0.2) is 5.96 Å². The number of nitrogens with one attached hydrogen (secondary N) is 4. The van der Waals surface area contributed by atoms with Gasteiger partial charge in [-0.3, -0.25) is 15.0 Å². The summed E-state index contributed by atoms with van der Waals surface area (Å²) < 4.78 is 28.8. The Bertz CT molecular complexity index is 1330. The molecule has 12 heteroatoms. The molecular formula is C27H36N6O5S. The van der Waals surface area contributed by atoms with Crippen LogP contribution in [0, 0.1) is 5.41 Å². The molecule has 11 nitrogen and oxygen atoms in total. The monoisotopic (exact) mass is 556 g/mol. The molecule has 0 aliphatic carbocycles. The maximum atomic E-state index is 13.6. The Labute approximate surface area is 228 Å². The van der Waals surface area contributed by atoms with Crippen LogP contribution in [0.3, 0.4) is 0 Å². The molecule has 0 radical (unpaired) electrons. The van der Waals surface area contributed by atoms with E-state index < -0.39 is 40.0 Å². The molecule has 4 atom stereocenters. The van der Waals surface area contributed by atoms with Crippen molar-refractivity contribution in [2.24, 2.45) is 5.73 Å². The van der Waals surface area contributed by atoms with Crippen molar-refractivity contribution >= 4 is 44.9 Å². The van der Waals surface area contributed by atoms with Crippen molar-refractivity contribution in [3.05, 3.63) is 48.0 Å². The van der Waals surface area contributed by atoms with Crippen molar-refractivity contribution in [2.75, 3.05) is 6.54 Å². The van der Waals surface area contributed by atoms with Gasteiger partial charge in [0.25, 0.3) is 0 Å². The zero-order valence-corrected chi connectivity index (χ0v) is 22.6. The molecule has 2 amide bonds. The fourth-order valence-electron chi connectivity index (χ4n) is 5.53. The van der Waals surface area contributed by atoms with Gasteiger partial charge in [-0.2, -0.15) is 0 Å². The Morgan fingerprint density at radius 2 is 1.90 bits per heavy atom. The predicted molar refractivity (Wildman–Crippen MR) is 148 cm³/mol. The lowest BCUT2D eigenvalue weighted by molar-refractivity contribution is -0.141. The third kappa shape index (κ3) is 7.33. The van der Waals surface area contributed by atoms with Crippen molar-refractivity contribution in [1.82, 2.24) is 20.3 Å². The number of carbonyl (C=O) groups is 3. The molecule has 2 heterocycles. The minimum atomic E-state index is -3.83. The van der Waals surface area contributed by atoms with Crippen LogP contribution < -0.4 is 21.1 Å². The van der Waals surface area contributed by atoms with E-state index in [2.05, 4.69) is 15.4 Å². The maximum Gasteiger partial charge on any atom is 0.243 e. The summed E-state index contributed by atoms with van der Waals surface area (Å²) in [5.74, 6) is -1.23. The minimum Gasteiger partial charge on any atom is -0.370 e. The molecule has 2 fully saturated rings. The first-order valence-corrected chi connectivity index (χ1v) is 15.0. The Morgan fingerprint density at radius 3 is 2.64 bits per heavy atom. The summed E-state index contributed by atoms with van der Waals surface area (Å²) in [6, 6.07) is 10.6. The Kier molecular flexibility index (Phi) is 9.18. The second kappa shape index (κ2) is 12.6. The van der Waals surface area contributed by atoms with E-state index in [1.807, 2.05) is 36.4 Å². The lowest BCUT2D eigenvalue weighted by atomic mass is 10.1. The number of hydrogen-bond acceptors (Lipinski definition) is 6. The van der Waals surface area contributed by atoms with E-state index in [0.29, 0.717) is 63.3 Å². The van der Waals surface area contributed by atoms with Crippen molar-refractivity contribution in [2.45, 2.75) is 74.9 Å². The van der Waals surface area contributed by atoms with Gasteiger partial charge in [-0.15, -0.1) is 0 Å².